The molecule has 1 fully saturated rings. The summed E-state index contributed by atoms with van der Waals surface area (Å²) in [6.07, 6.45) is 1.22. The summed E-state index contributed by atoms with van der Waals surface area (Å²) in [5.41, 5.74) is -0.573. The molecule has 96 valence electrons. The van der Waals surface area contributed by atoms with Crippen LogP contribution in [0.1, 0.15) is 47.5 Å². The Morgan fingerprint density at radius 3 is 2.06 bits per heavy atom. The van der Waals surface area contributed by atoms with Crippen LogP contribution in [0.5, 0.6) is 0 Å². The Morgan fingerprint density at radius 2 is 1.69 bits per heavy atom. The summed E-state index contributed by atoms with van der Waals surface area (Å²) < 4.78 is 5.68. The molecule has 0 aromatic carbocycles. The van der Waals surface area contributed by atoms with Crippen LogP contribution in [0.25, 0.3) is 0 Å². The summed E-state index contributed by atoms with van der Waals surface area (Å²) in [5.74, 6) is 0. The van der Waals surface area contributed by atoms with Crippen LogP contribution in [0.3, 0.4) is 0 Å². The largest absolute Gasteiger partial charge is 0.391 e. The molecule has 0 aromatic rings. The van der Waals surface area contributed by atoms with Crippen molar-refractivity contribution in [2.45, 2.75) is 70.7 Å². The van der Waals surface area contributed by atoms with Gasteiger partial charge in [0.25, 0.3) is 0 Å². The molecule has 0 saturated carbocycles. The third-order valence-corrected chi connectivity index (χ3v) is 3.17. The molecule has 0 amide bonds. The molecule has 1 aliphatic heterocycles. The molecule has 0 spiro atoms. The van der Waals surface area contributed by atoms with Crippen molar-refractivity contribution in [3.05, 3.63) is 0 Å². The van der Waals surface area contributed by atoms with Crippen LogP contribution in [0, 0.1) is 0 Å². The number of hydrogen-bond acceptors (Lipinski definition) is 4. The first kappa shape index (κ1) is 13.9. The third kappa shape index (κ3) is 3.17. The summed E-state index contributed by atoms with van der Waals surface area (Å²) in [7, 11) is 0. The lowest BCUT2D eigenvalue weighted by Gasteiger charge is -2.51. The van der Waals surface area contributed by atoms with Crippen LogP contribution in [0.4, 0.5) is 0 Å². The number of nitrogens with zero attached hydrogens (tertiary/aromatic N) is 1. The van der Waals surface area contributed by atoms with Crippen LogP contribution in [0.2, 0.25) is 0 Å². The zero-order valence-corrected chi connectivity index (χ0v) is 11.0. The number of rotatable bonds is 3. The van der Waals surface area contributed by atoms with E-state index < -0.39 is 6.10 Å². The van der Waals surface area contributed by atoms with Gasteiger partial charge in [-0.3, -0.25) is 0 Å². The Kier molecular flexibility index (Phi) is 4.00. The number of piperidine rings is 1. The van der Waals surface area contributed by atoms with Crippen molar-refractivity contribution in [2.75, 3.05) is 6.61 Å². The van der Waals surface area contributed by atoms with Crippen LogP contribution < -0.4 is 0 Å². The quantitative estimate of drug-likeness (QED) is 0.777. The molecule has 16 heavy (non-hydrogen) atoms. The van der Waals surface area contributed by atoms with Crippen LogP contribution in [-0.2, 0) is 4.74 Å². The number of ether oxygens (including phenoxy) is 1. The Morgan fingerprint density at radius 1 is 1.25 bits per heavy atom. The van der Waals surface area contributed by atoms with E-state index in [1.54, 1.807) is 6.92 Å². The van der Waals surface area contributed by atoms with Crippen molar-refractivity contribution in [2.24, 2.45) is 0 Å². The minimum atomic E-state index is -0.432. The van der Waals surface area contributed by atoms with Gasteiger partial charge in [-0.15, -0.1) is 0 Å². The second kappa shape index (κ2) is 4.61. The van der Waals surface area contributed by atoms with Gasteiger partial charge < -0.3 is 15.1 Å². The molecule has 1 saturated heterocycles. The molecule has 1 aliphatic rings. The molecule has 1 heterocycles. The van der Waals surface area contributed by atoms with E-state index in [1.165, 1.54) is 5.06 Å². The van der Waals surface area contributed by atoms with Crippen LogP contribution >= 0.6 is 0 Å². The van der Waals surface area contributed by atoms with Crippen molar-refractivity contribution in [1.82, 2.24) is 5.06 Å². The fourth-order valence-electron chi connectivity index (χ4n) is 2.57. The Labute approximate surface area is 98.2 Å². The number of hydroxylamine groups is 2. The molecule has 1 atom stereocenters. The Bertz CT molecular complexity index is 220. The Balaban J connectivity index is 2.64. The first-order valence-corrected chi connectivity index (χ1v) is 5.94. The second-order valence-electron chi connectivity index (χ2n) is 6.15. The van der Waals surface area contributed by atoms with E-state index in [0.717, 1.165) is 12.8 Å². The lowest BCUT2D eigenvalue weighted by atomic mass is 9.80. The molecule has 0 aromatic heterocycles. The molecule has 1 unspecified atom stereocenters. The lowest BCUT2D eigenvalue weighted by molar-refractivity contribution is -0.262. The standard InChI is InChI=1S/C12H25NO3/c1-9(14)8-16-10-6-11(2,3)13(15)12(4,5)7-10/h9-10,14-15H,6-8H2,1-5H3. The summed E-state index contributed by atoms with van der Waals surface area (Å²) >= 11 is 0. The SMILES string of the molecule is CC(O)COC1CC(C)(C)N(O)C(C)(C)C1. The monoisotopic (exact) mass is 231 g/mol. The highest BCUT2D eigenvalue weighted by Crippen LogP contribution is 2.37. The number of aliphatic hydroxyl groups excluding tert-OH is 1. The molecular weight excluding hydrogens is 206 g/mol. The Hall–Kier alpha value is -0.160. The highest BCUT2D eigenvalue weighted by molar-refractivity contribution is 4.96. The summed E-state index contributed by atoms with van der Waals surface area (Å²) in [4.78, 5) is 0. The van der Waals surface area contributed by atoms with Crippen LogP contribution in [0.15, 0.2) is 0 Å². The maximum atomic E-state index is 10.1. The highest BCUT2D eigenvalue weighted by Gasteiger charge is 2.45. The van der Waals surface area contributed by atoms with Crippen molar-refractivity contribution < 1.29 is 15.1 Å². The van der Waals surface area contributed by atoms with Gasteiger partial charge in [-0.2, -0.15) is 5.06 Å². The van der Waals surface area contributed by atoms with Gasteiger partial charge in [-0.1, -0.05) is 0 Å². The van der Waals surface area contributed by atoms with E-state index in [2.05, 4.69) is 0 Å². The van der Waals surface area contributed by atoms with E-state index in [-0.39, 0.29) is 17.2 Å². The molecule has 0 aliphatic carbocycles. The van der Waals surface area contributed by atoms with Gasteiger partial charge in [-0.05, 0) is 47.5 Å². The fraction of sp³-hybridized carbons (Fsp3) is 1.00. The van der Waals surface area contributed by atoms with E-state index >= 15 is 0 Å². The zero-order chi connectivity index (χ0) is 12.6. The predicted molar refractivity (Wildman–Crippen MR) is 62.4 cm³/mol. The second-order valence-corrected chi connectivity index (χ2v) is 6.15. The third-order valence-electron chi connectivity index (χ3n) is 3.17. The van der Waals surface area contributed by atoms with E-state index in [0.29, 0.717) is 6.61 Å². The van der Waals surface area contributed by atoms with Crippen molar-refractivity contribution >= 4 is 0 Å². The zero-order valence-electron chi connectivity index (χ0n) is 11.0. The number of hydrogen-bond donors (Lipinski definition) is 2. The van der Waals surface area contributed by atoms with Gasteiger partial charge in [0.2, 0.25) is 0 Å². The molecular formula is C12H25NO3. The number of aliphatic hydroxyl groups is 1. The summed E-state index contributed by atoms with van der Waals surface area (Å²) in [6, 6.07) is 0. The van der Waals surface area contributed by atoms with Gasteiger partial charge >= 0.3 is 0 Å². The average Bonchev–Trinajstić information content (AvgIpc) is 2.10. The molecule has 0 bridgehead atoms. The smallest absolute Gasteiger partial charge is 0.0745 e. The van der Waals surface area contributed by atoms with Crippen LogP contribution in [-0.4, -0.2) is 45.3 Å². The normalized spacial score (nSPS) is 27.9. The first-order valence-electron chi connectivity index (χ1n) is 5.94. The fourth-order valence-corrected chi connectivity index (χ4v) is 2.57. The van der Waals surface area contributed by atoms with E-state index in [9.17, 15) is 10.3 Å². The lowest BCUT2D eigenvalue weighted by Crippen LogP contribution is -2.60. The predicted octanol–water partition coefficient (Wildman–Crippen LogP) is 1.79. The topological polar surface area (TPSA) is 52.9 Å². The minimum absolute atomic E-state index is 0.1000. The van der Waals surface area contributed by atoms with Gasteiger partial charge in [0.1, 0.15) is 0 Å². The van der Waals surface area contributed by atoms with Gasteiger partial charge in [0, 0.05) is 11.1 Å². The van der Waals surface area contributed by atoms with Gasteiger partial charge in [-0.25, -0.2) is 0 Å². The minimum Gasteiger partial charge on any atom is -0.391 e. The molecule has 0 radical (unpaired) electrons. The maximum absolute atomic E-state index is 10.1. The van der Waals surface area contributed by atoms with E-state index in [1.807, 2.05) is 27.7 Å². The van der Waals surface area contributed by atoms with Gasteiger partial charge in [0.05, 0.1) is 18.8 Å². The van der Waals surface area contributed by atoms with E-state index in [4.69, 9.17) is 4.74 Å². The highest BCUT2D eigenvalue weighted by atomic mass is 16.5. The molecule has 1 rings (SSSR count). The molecule has 2 N–H and O–H groups in total. The maximum Gasteiger partial charge on any atom is 0.0745 e. The molecule has 4 heteroatoms. The summed E-state index contributed by atoms with van der Waals surface area (Å²) in [6.45, 7) is 10.1. The molecule has 4 nitrogen and oxygen atoms in total. The van der Waals surface area contributed by atoms with Gasteiger partial charge in [0.15, 0.2) is 0 Å². The van der Waals surface area contributed by atoms with Crippen molar-refractivity contribution in [3.8, 4) is 0 Å². The first-order chi connectivity index (χ1) is 7.15. The summed E-state index contributed by atoms with van der Waals surface area (Å²) in [5, 5.41) is 20.7. The van der Waals surface area contributed by atoms with Crippen molar-refractivity contribution in [1.29, 1.82) is 0 Å². The van der Waals surface area contributed by atoms with Crippen molar-refractivity contribution in [3.63, 3.8) is 0 Å². The average molecular weight is 231 g/mol.